The van der Waals surface area contributed by atoms with E-state index in [0.717, 1.165) is 24.3 Å². The van der Waals surface area contributed by atoms with Crippen LogP contribution in [0.5, 0.6) is 0 Å². The molecule has 1 aromatic heterocycles. The molecule has 3 nitrogen and oxygen atoms in total. The zero-order valence-electron chi connectivity index (χ0n) is 7.18. The molecule has 0 aliphatic heterocycles. The van der Waals surface area contributed by atoms with Crippen molar-refractivity contribution in [2.75, 3.05) is 0 Å². The lowest BCUT2D eigenvalue weighted by atomic mass is 10.2. The lowest BCUT2D eigenvalue weighted by Gasteiger charge is -1.96. The van der Waals surface area contributed by atoms with Gasteiger partial charge in [0.25, 0.3) is 0 Å². The summed E-state index contributed by atoms with van der Waals surface area (Å²) >= 11 is 0. The second-order valence-electron chi connectivity index (χ2n) is 2.68. The van der Waals surface area contributed by atoms with Gasteiger partial charge in [-0.25, -0.2) is 4.79 Å². The monoisotopic (exact) mass is 155 g/mol. The Hall–Kier alpha value is -0.990. The van der Waals surface area contributed by atoms with Crippen LogP contribution in [0.3, 0.4) is 0 Å². The molecule has 11 heavy (non-hydrogen) atoms. The van der Waals surface area contributed by atoms with Gasteiger partial charge in [0.1, 0.15) is 5.76 Å². The molecule has 62 valence electrons. The van der Waals surface area contributed by atoms with Gasteiger partial charge in [0.05, 0.1) is 5.69 Å². The summed E-state index contributed by atoms with van der Waals surface area (Å²) in [5.74, 6) is 0.491. The molecule has 0 atom stereocenters. The van der Waals surface area contributed by atoms with E-state index in [1.54, 1.807) is 11.6 Å². The fraction of sp³-hybridized carbons (Fsp3) is 0.625. The molecule has 0 bridgehead atoms. The van der Waals surface area contributed by atoms with Crippen LogP contribution in [0.4, 0.5) is 0 Å². The zero-order valence-corrected chi connectivity index (χ0v) is 7.18. The normalized spacial score (nSPS) is 10.5. The quantitative estimate of drug-likeness (QED) is 0.644. The Bertz CT molecular complexity index is 296. The number of hydrogen-bond acceptors (Lipinski definition) is 2. The first-order valence-corrected chi connectivity index (χ1v) is 3.82. The van der Waals surface area contributed by atoms with Crippen LogP contribution in [-0.2, 0) is 13.5 Å². The summed E-state index contributed by atoms with van der Waals surface area (Å²) in [5, 5.41) is 0. The third-order valence-electron chi connectivity index (χ3n) is 1.81. The van der Waals surface area contributed by atoms with Gasteiger partial charge in [-0.05, 0) is 13.3 Å². The molecule has 0 aliphatic rings. The van der Waals surface area contributed by atoms with Gasteiger partial charge in [0.2, 0.25) is 0 Å². The molecule has 0 saturated carbocycles. The average Bonchev–Trinajstić information content (AvgIpc) is 2.17. The third kappa shape index (κ3) is 1.37. The van der Waals surface area contributed by atoms with E-state index in [4.69, 9.17) is 4.42 Å². The van der Waals surface area contributed by atoms with Crippen molar-refractivity contribution in [2.45, 2.75) is 26.7 Å². The minimum absolute atomic E-state index is 0.258. The summed E-state index contributed by atoms with van der Waals surface area (Å²) in [7, 11) is 1.74. The molecule has 0 spiro atoms. The smallest absolute Gasteiger partial charge is 0.413 e. The summed E-state index contributed by atoms with van der Waals surface area (Å²) in [6.45, 7) is 3.91. The molecule has 0 aliphatic carbocycles. The van der Waals surface area contributed by atoms with Crippen molar-refractivity contribution in [1.82, 2.24) is 4.57 Å². The summed E-state index contributed by atoms with van der Waals surface area (Å²) in [5.41, 5.74) is 1.01. The van der Waals surface area contributed by atoms with Crippen LogP contribution in [-0.4, -0.2) is 4.57 Å². The Morgan fingerprint density at radius 2 is 2.18 bits per heavy atom. The fourth-order valence-electron chi connectivity index (χ4n) is 1.19. The van der Waals surface area contributed by atoms with Crippen LogP contribution < -0.4 is 5.76 Å². The van der Waals surface area contributed by atoms with Crippen molar-refractivity contribution >= 4 is 0 Å². The van der Waals surface area contributed by atoms with E-state index >= 15 is 0 Å². The number of oxazole rings is 1. The Morgan fingerprint density at radius 3 is 2.55 bits per heavy atom. The maximum absolute atomic E-state index is 10.9. The Labute approximate surface area is 65.6 Å². The number of aryl methyl sites for hydroxylation is 1. The van der Waals surface area contributed by atoms with E-state index in [1.807, 2.05) is 6.92 Å². The first-order valence-electron chi connectivity index (χ1n) is 3.82. The SMILES string of the molecule is CCCc1c(C)oc(=O)n1C. The molecule has 3 heteroatoms. The van der Waals surface area contributed by atoms with Crippen molar-refractivity contribution in [1.29, 1.82) is 0 Å². The van der Waals surface area contributed by atoms with Crippen molar-refractivity contribution < 1.29 is 4.42 Å². The molecule has 1 aromatic rings. The van der Waals surface area contributed by atoms with Crippen molar-refractivity contribution in [2.24, 2.45) is 7.05 Å². The van der Waals surface area contributed by atoms with E-state index in [-0.39, 0.29) is 5.76 Å². The highest BCUT2D eigenvalue weighted by Gasteiger charge is 2.07. The second kappa shape index (κ2) is 2.95. The molecule has 0 unspecified atom stereocenters. The number of nitrogens with zero attached hydrogens (tertiary/aromatic N) is 1. The highest BCUT2D eigenvalue weighted by molar-refractivity contribution is 5.06. The van der Waals surface area contributed by atoms with Gasteiger partial charge in [-0.3, -0.25) is 4.57 Å². The van der Waals surface area contributed by atoms with Crippen molar-refractivity contribution in [3.05, 3.63) is 22.0 Å². The van der Waals surface area contributed by atoms with E-state index in [9.17, 15) is 4.79 Å². The lowest BCUT2D eigenvalue weighted by Crippen LogP contribution is -2.11. The number of aromatic nitrogens is 1. The van der Waals surface area contributed by atoms with Gasteiger partial charge in [-0.1, -0.05) is 13.3 Å². The van der Waals surface area contributed by atoms with Crippen LogP contribution >= 0.6 is 0 Å². The van der Waals surface area contributed by atoms with Gasteiger partial charge in [0, 0.05) is 7.05 Å². The van der Waals surface area contributed by atoms with Crippen LogP contribution in [0.2, 0.25) is 0 Å². The zero-order chi connectivity index (χ0) is 8.43. The predicted molar refractivity (Wildman–Crippen MR) is 42.7 cm³/mol. The highest BCUT2D eigenvalue weighted by atomic mass is 16.4. The fourth-order valence-corrected chi connectivity index (χ4v) is 1.19. The summed E-state index contributed by atoms with van der Waals surface area (Å²) in [6, 6.07) is 0. The van der Waals surface area contributed by atoms with E-state index in [0.29, 0.717) is 0 Å². The number of rotatable bonds is 2. The third-order valence-corrected chi connectivity index (χ3v) is 1.81. The minimum Gasteiger partial charge on any atom is -0.413 e. The van der Waals surface area contributed by atoms with Crippen LogP contribution in [0.1, 0.15) is 24.8 Å². The molecule has 0 saturated heterocycles. The number of hydrogen-bond donors (Lipinski definition) is 0. The maximum atomic E-state index is 10.9. The van der Waals surface area contributed by atoms with Gasteiger partial charge in [-0.15, -0.1) is 0 Å². The van der Waals surface area contributed by atoms with Crippen LogP contribution in [0, 0.1) is 6.92 Å². The lowest BCUT2D eigenvalue weighted by molar-refractivity contribution is 0.471. The Balaban J connectivity index is 3.12. The van der Waals surface area contributed by atoms with Gasteiger partial charge >= 0.3 is 5.76 Å². The first kappa shape index (κ1) is 8.11. The van der Waals surface area contributed by atoms with Gasteiger partial charge in [0.15, 0.2) is 0 Å². The van der Waals surface area contributed by atoms with E-state index in [1.165, 1.54) is 0 Å². The Morgan fingerprint density at radius 1 is 1.55 bits per heavy atom. The van der Waals surface area contributed by atoms with Crippen molar-refractivity contribution in [3.8, 4) is 0 Å². The standard InChI is InChI=1S/C8H13NO2/c1-4-5-7-6(2)11-8(10)9(7)3/h4-5H2,1-3H3. The molecule has 1 heterocycles. The molecular weight excluding hydrogens is 142 g/mol. The van der Waals surface area contributed by atoms with Crippen LogP contribution in [0.25, 0.3) is 0 Å². The molecule has 1 rings (SSSR count). The molecule has 0 aromatic carbocycles. The average molecular weight is 155 g/mol. The van der Waals surface area contributed by atoms with Gasteiger partial charge in [-0.2, -0.15) is 0 Å². The largest absolute Gasteiger partial charge is 0.419 e. The first-order chi connectivity index (χ1) is 5.16. The molecule has 0 N–H and O–H groups in total. The predicted octanol–water partition coefficient (Wildman–Crippen LogP) is 1.24. The maximum Gasteiger partial charge on any atom is 0.419 e. The molecule has 0 amide bonds. The van der Waals surface area contributed by atoms with Gasteiger partial charge < -0.3 is 4.42 Å². The summed E-state index contributed by atoms with van der Waals surface area (Å²) in [4.78, 5) is 10.9. The van der Waals surface area contributed by atoms with Crippen LogP contribution in [0.15, 0.2) is 9.21 Å². The highest BCUT2D eigenvalue weighted by Crippen LogP contribution is 2.06. The minimum atomic E-state index is -0.258. The molecule has 0 radical (unpaired) electrons. The topological polar surface area (TPSA) is 35.1 Å². The summed E-state index contributed by atoms with van der Waals surface area (Å²) in [6.07, 6.45) is 1.95. The van der Waals surface area contributed by atoms with E-state index < -0.39 is 0 Å². The van der Waals surface area contributed by atoms with Crippen molar-refractivity contribution in [3.63, 3.8) is 0 Å². The molecular formula is C8H13NO2. The second-order valence-corrected chi connectivity index (χ2v) is 2.68. The molecule has 0 fully saturated rings. The Kier molecular flexibility index (Phi) is 2.17. The van der Waals surface area contributed by atoms with E-state index in [2.05, 4.69) is 6.92 Å². The summed E-state index contributed by atoms with van der Waals surface area (Å²) < 4.78 is 6.47.